The van der Waals surface area contributed by atoms with Crippen LogP contribution in [0.5, 0.6) is 0 Å². The van der Waals surface area contributed by atoms with Gasteiger partial charge >= 0.3 is 10.7 Å². The first-order valence-corrected chi connectivity index (χ1v) is 8.06. The summed E-state index contributed by atoms with van der Waals surface area (Å²) in [5.41, 5.74) is -0.0803. The van der Waals surface area contributed by atoms with Crippen molar-refractivity contribution in [2.45, 2.75) is 23.6 Å². The van der Waals surface area contributed by atoms with Crippen LogP contribution in [0.2, 0.25) is 10.0 Å². The number of hydrogen-bond acceptors (Lipinski definition) is 4. The minimum atomic E-state index is -0.514. The number of amides is 1. The van der Waals surface area contributed by atoms with Gasteiger partial charge in [0.25, 0.3) is 0 Å². The van der Waals surface area contributed by atoms with E-state index in [2.05, 4.69) is 15.1 Å². The van der Waals surface area contributed by atoms with Crippen LogP contribution in [0.4, 0.5) is 5.69 Å². The molecule has 2 aromatic rings. The Balaban J connectivity index is 2.16. The number of aromatic amines is 1. The number of anilines is 1. The Morgan fingerprint density at radius 3 is 2.82 bits per heavy atom. The molecule has 1 heterocycles. The molecule has 118 valence electrons. The number of nitrogens with one attached hydrogen (secondary N) is 2. The summed E-state index contributed by atoms with van der Waals surface area (Å²) in [5, 5.41) is 5.62. The Labute approximate surface area is 140 Å². The predicted octanol–water partition coefficient (Wildman–Crippen LogP) is 2.61. The number of hydrogen-bond donors (Lipinski definition) is 2. The second kappa shape index (κ2) is 7.21. The molecule has 0 aliphatic heterocycles. The van der Waals surface area contributed by atoms with Gasteiger partial charge in [0.15, 0.2) is 7.05 Å². The first-order valence-electron chi connectivity index (χ1n) is 6.43. The second-order valence-electron chi connectivity index (χ2n) is 4.45. The molecule has 0 radical (unpaired) electrons. The van der Waals surface area contributed by atoms with Crippen molar-refractivity contribution in [1.29, 1.82) is 0 Å². The fourth-order valence-electron chi connectivity index (χ4n) is 1.73. The molecule has 0 bridgehead atoms. The maximum absolute atomic E-state index is 12.4. The predicted molar refractivity (Wildman–Crippen MR) is 85.5 cm³/mol. The highest BCUT2D eigenvalue weighted by Gasteiger charge is 2.27. The molecule has 1 atom stereocenters. The van der Waals surface area contributed by atoms with E-state index in [1.807, 2.05) is 6.92 Å². The number of halogens is 2. The minimum Gasteiger partial charge on any atom is -0.324 e. The van der Waals surface area contributed by atoms with E-state index >= 15 is 0 Å². The quantitative estimate of drug-likeness (QED) is 0.632. The van der Waals surface area contributed by atoms with Crippen LogP contribution in [0, 0.1) is 0 Å². The number of nitrogens with zero attached hydrogens (tertiary/aromatic N) is 1. The summed E-state index contributed by atoms with van der Waals surface area (Å²) >= 11 is 13.1. The lowest BCUT2D eigenvalue weighted by Gasteiger charge is -2.13. The Kier molecular flexibility index (Phi) is 5.55. The number of H-pyrrole nitrogens is 1. The average Bonchev–Trinajstić information content (AvgIpc) is 2.80. The third-order valence-corrected chi connectivity index (χ3v) is 5.20. The van der Waals surface area contributed by atoms with Crippen molar-refractivity contribution in [3.05, 3.63) is 38.7 Å². The van der Waals surface area contributed by atoms with Gasteiger partial charge in [-0.1, -0.05) is 40.9 Å². The molecule has 6 nitrogen and oxygen atoms in total. The number of aromatic nitrogens is 2. The third kappa shape index (κ3) is 3.66. The SMILES string of the molecule is CCC(Sc1c(=O)o[nH][n+]1C)C(=O)Nc1cccc(Cl)c1Cl. The lowest BCUT2D eigenvalue weighted by Crippen LogP contribution is -2.35. The average molecular weight is 363 g/mol. The first-order chi connectivity index (χ1) is 10.4. The zero-order valence-electron chi connectivity index (χ0n) is 11.9. The highest BCUT2D eigenvalue weighted by atomic mass is 35.5. The number of benzene rings is 1. The molecule has 1 aromatic heterocycles. The van der Waals surface area contributed by atoms with Crippen molar-refractivity contribution in [3.63, 3.8) is 0 Å². The number of aryl methyl sites for hydroxylation is 1. The number of rotatable bonds is 5. The lowest BCUT2D eigenvalue weighted by atomic mass is 10.2. The fraction of sp³-hybridized carbons (Fsp3) is 0.308. The third-order valence-electron chi connectivity index (χ3n) is 2.88. The number of carbonyl (C=O) groups excluding carboxylic acids is 1. The van der Waals surface area contributed by atoms with Crippen molar-refractivity contribution < 1.29 is 14.0 Å². The van der Waals surface area contributed by atoms with E-state index in [0.717, 1.165) is 11.8 Å². The molecule has 9 heteroatoms. The van der Waals surface area contributed by atoms with Gasteiger partial charge in [0.05, 0.1) is 21.0 Å². The molecule has 1 aromatic carbocycles. The molecule has 22 heavy (non-hydrogen) atoms. The van der Waals surface area contributed by atoms with Gasteiger partial charge in [-0.2, -0.15) is 0 Å². The Bertz CT molecular complexity index is 744. The van der Waals surface area contributed by atoms with Gasteiger partial charge in [0.2, 0.25) is 5.91 Å². The number of carbonyl (C=O) groups is 1. The second-order valence-corrected chi connectivity index (χ2v) is 6.43. The molecule has 1 amide bonds. The van der Waals surface area contributed by atoms with Crippen LogP contribution < -0.4 is 15.6 Å². The van der Waals surface area contributed by atoms with Crippen LogP contribution in [0.15, 0.2) is 32.5 Å². The summed E-state index contributed by atoms with van der Waals surface area (Å²) in [6, 6.07) is 4.99. The van der Waals surface area contributed by atoms with Crippen LogP contribution in [-0.4, -0.2) is 16.4 Å². The van der Waals surface area contributed by atoms with Crippen molar-refractivity contribution >= 4 is 46.6 Å². The molecule has 0 aliphatic rings. The first kappa shape index (κ1) is 16.9. The molecule has 1 unspecified atom stereocenters. The summed E-state index contributed by atoms with van der Waals surface area (Å²) in [5.74, 6) is -0.266. The monoisotopic (exact) mass is 362 g/mol. The zero-order valence-corrected chi connectivity index (χ0v) is 14.2. The summed E-state index contributed by atoms with van der Waals surface area (Å²) < 4.78 is 6.09. The molecular weight excluding hydrogens is 349 g/mol. The van der Waals surface area contributed by atoms with Crippen molar-refractivity contribution in [1.82, 2.24) is 5.27 Å². The Hall–Kier alpha value is -1.44. The van der Waals surface area contributed by atoms with Crippen molar-refractivity contribution in [2.75, 3.05) is 5.32 Å². The molecule has 2 N–H and O–H groups in total. The van der Waals surface area contributed by atoms with Gasteiger partial charge in [0, 0.05) is 0 Å². The van der Waals surface area contributed by atoms with E-state index in [0.29, 0.717) is 22.2 Å². The van der Waals surface area contributed by atoms with Crippen LogP contribution in [0.25, 0.3) is 0 Å². The van der Waals surface area contributed by atoms with Crippen LogP contribution in [0.3, 0.4) is 0 Å². The molecule has 0 saturated heterocycles. The minimum absolute atomic E-state index is 0.266. The van der Waals surface area contributed by atoms with Crippen LogP contribution in [-0.2, 0) is 11.8 Å². The highest BCUT2D eigenvalue weighted by Crippen LogP contribution is 2.30. The zero-order chi connectivity index (χ0) is 16.3. The Morgan fingerprint density at radius 1 is 1.50 bits per heavy atom. The van der Waals surface area contributed by atoms with Crippen molar-refractivity contribution in [3.8, 4) is 0 Å². The van der Waals surface area contributed by atoms with E-state index in [1.54, 1.807) is 25.2 Å². The smallest absolute Gasteiger partial charge is 0.324 e. The van der Waals surface area contributed by atoms with E-state index in [4.69, 9.17) is 23.2 Å². The molecule has 0 saturated carbocycles. The molecule has 2 rings (SSSR count). The maximum Gasteiger partial charge on any atom is 0.441 e. The maximum atomic E-state index is 12.4. The van der Waals surface area contributed by atoms with E-state index in [-0.39, 0.29) is 10.9 Å². The van der Waals surface area contributed by atoms with Gasteiger partial charge in [-0.15, -0.1) is 0 Å². The summed E-state index contributed by atoms with van der Waals surface area (Å²) in [6.07, 6.45) is 0.527. The molecule has 0 spiro atoms. The summed E-state index contributed by atoms with van der Waals surface area (Å²) in [7, 11) is 1.63. The standard InChI is InChI=1S/C13H13Cl2N3O3S/c1-3-9(22-12-13(20)21-17-18(12)2)11(19)16-8-6-4-5-7(14)10(8)15/h4-6,9H,3H2,1-2H3,(H-,16,17,19,20)/p+1. The van der Waals surface area contributed by atoms with Gasteiger partial charge in [-0.25, -0.2) is 4.79 Å². The van der Waals surface area contributed by atoms with Crippen molar-refractivity contribution in [2.24, 2.45) is 7.05 Å². The molecule has 0 fully saturated rings. The molecular formula is C13H14Cl2N3O3S+. The van der Waals surface area contributed by atoms with Gasteiger partial charge < -0.3 is 5.32 Å². The number of thioether (sulfide) groups is 1. The summed E-state index contributed by atoms with van der Waals surface area (Å²) in [6.45, 7) is 1.85. The highest BCUT2D eigenvalue weighted by molar-refractivity contribution is 8.00. The normalized spacial score (nSPS) is 12.2. The van der Waals surface area contributed by atoms with E-state index in [1.165, 1.54) is 4.68 Å². The molecule has 0 aliphatic carbocycles. The summed E-state index contributed by atoms with van der Waals surface area (Å²) in [4.78, 5) is 23.9. The topological polar surface area (TPSA) is 79.0 Å². The largest absolute Gasteiger partial charge is 0.441 e. The van der Waals surface area contributed by atoms with E-state index < -0.39 is 10.9 Å². The lowest BCUT2D eigenvalue weighted by molar-refractivity contribution is -0.772. The van der Waals surface area contributed by atoms with E-state index in [9.17, 15) is 9.59 Å². The van der Waals surface area contributed by atoms with Crippen LogP contribution >= 0.6 is 35.0 Å². The van der Waals surface area contributed by atoms with Gasteiger partial charge in [-0.05, 0) is 35.6 Å². The van der Waals surface area contributed by atoms with Crippen LogP contribution in [0.1, 0.15) is 13.3 Å². The fourth-order valence-corrected chi connectivity index (χ4v) is 3.01. The van der Waals surface area contributed by atoms with Gasteiger partial charge in [-0.3, -0.25) is 9.32 Å². The van der Waals surface area contributed by atoms with Gasteiger partial charge in [0.1, 0.15) is 0 Å². The Morgan fingerprint density at radius 2 is 2.23 bits per heavy atom.